The molecule has 0 saturated heterocycles. The van der Waals surface area contributed by atoms with Gasteiger partial charge in [-0.3, -0.25) is 9.78 Å². The van der Waals surface area contributed by atoms with Crippen molar-refractivity contribution >= 4 is 5.91 Å². The van der Waals surface area contributed by atoms with Crippen molar-refractivity contribution in [3.8, 4) is 0 Å². The lowest BCUT2D eigenvalue weighted by molar-refractivity contribution is -0.117. The molecular weight excluding hydrogens is 185 g/mol. The molecule has 6 heteroatoms. The van der Waals surface area contributed by atoms with Crippen LogP contribution in [0.3, 0.4) is 0 Å². The quantitative estimate of drug-likeness (QED) is 0.739. The van der Waals surface area contributed by atoms with E-state index in [-0.39, 0.29) is 0 Å². The standard InChI is InChI=1S/C7H5F3N2O/c8-3-2-12-4(1-5(11)13)7(10)6(3)9/h2H,1H2,(H2,11,13). The van der Waals surface area contributed by atoms with Gasteiger partial charge in [0.25, 0.3) is 0 Å². The van der Waals surface area contributed by atoms with E-state index in [2.05, 4.69) is 4.98 Å². The van der Waals surface area contributed by atoms with Crippen molar-refractivity contribution in [2.45, 2.75) is 6.42 Å². The molecular formula is C7H5F3N2O. The van der Waals surface area contributed by atoms with E-state index in [0.717, 1.165) is 0 Å². The molecule has 0 aliphatic carbocycles. The molecule has 0 aliphatic heterocycles. The van der Waals surface area contributed by atoms with Gasteiger partial charge < -0.3 is 5.73 Å². The van der Waals surface area contributed by atoms with Gasteiger partial charge in [-0.1, -0.05) is 0 Å². The first-order valence-electron chi connectivity index (χ1n) is 3.29. The van der Waals surface area contributed by atoms with Crippen LogP contribution in [0.2, 0.25) is 0 Å². The second-order valence-electron chi connectivity index (χ2n) is 2.32. The lowest BCUT2D eigenvalue weighted by Crippen LogP contribution is -2.16. The van der Waals surface area contributed by atoms with Gasteiger partial charge in [0.15, 0.2) is 17.5 Å². The van der Waals surface area contributed by atoms with Crippen LogP contribution in [0.15, 0.2) is 6.20 Å². The average Bonchev–Trinajstić information content (AvgIpc) is 2.06. The van der Waals surface area contributed by atoms with Gasteiger partial charge in [0.1, 0.15) is 0 Å². The molecule has 2 N–H and O–H groups in total. The fraction of sp³-hybridized carbons (Fsp3) is 0.143. The summed E-state index contributed by atoms with van der Waals surface area (Å²) < 4.78 is 37.5. The van der Waals surface area contributed by atoms with Crippen LogP contribution in [0.5, 0.6) is 0 Å². The molecule has 0 atom stereocenters. The Labute approximate surface area is 71.4 Å². The zero-order valence-corrected chi connectivity index (χ0v) is 6.35. The van der Waals surface area contributed by atoms with Crippen molar-refractivity contribution in [1.82, 2.24) is 4.98 Å². The van der Waals surface area contributed by atoms with E-state index >= 15 is 0 Å². The number of hydrogen-bond acceptors (Lipinski definition) is 2. The van der Waals surface area contributed by atoms with Gasteiger partial charge in [0.05, 0.1) is 18.3 Å². The fourth-order valence-corrected chi connectivity index (χ4v) is 0.768. The summed E-state index contributed by atoms with van der Waals surface area (Å²) in [6.07, 6.45) is -0.0558. The normalized spacial score (nSPS) is 10.1. The molecule has 13 heavy (non-hydrogen) atoms. The predicted octanol–water partition coefficient (Wildman–Crippen LogP) is 0.527. The highest BCUT2D eigenvalue weighted by molar-refractivity contribution is 5.76. The maximum Gasteiger partial charge on any atom is 0.223 e. The molecule has 3 nitrogen and oxygen atoms in total. The number of carbonyl (C=O) groups excluding carboxylic acids is 1. The van der Waals surface area contributed by atoms with Crippen LogP contribution in [0.25, 0.3) is 0 Å². The molecule has 1 aromatic heterocycles. The molecule has 70 valence electrons. The van der Waals surface area contributed by atoms with Crippen molar-refractivity contribution in [3.63, 3.8) is 0 Å². The Kier molecular flexibility index (Phi) is 2.50. The smallest absolute Gasteiger partial charge is 0.223 e. The Morgan fingerprint density at radius 3 is 2.54 bits per heavy atom. The molecule has 1 amide bonds. The first-order valence-corrected chi connectivity index (χ1v) is 3.29. The fourth-order valence-electron chi connectivity index (χ4n) is 0.768. The van der Waals surface area contributed by atoms with Crippen LogP contribution in [0.4, 0.5) is 13.2 Å². The maximum atomic E-state index is 12.7. The van der Waals surface area contributed by atoms with Gasteiger partial charge in [0.2, 0.25) is 5.91 Å². The molecule has 0 aromatic carbocycles. The largest absolute Gasteiger partial charge is 0.369 e. The Balaban J connectivity index is 3.10. The molecule has 1 aromatic rings. The summed E-state index contributed by atoms with van der Waals surface area (Å²) in [5.41, 5.74) is 4.23. The van der Waals surface area contributed by atoms with Crippen LogP contribution in [0.1, 0.15) is 5.69 Å². The molecule has 1 rings (SSSR count). The second-order valence-corrected chi connectivity index (χ2v) is 2.32. The summed E-state index contributed by atoms with van der Waals surface area (Å²) >= 11 is 0. The summed E-state index contributed by atoms with van der Waals surface area (Å²) in [6, 6.07) is 0. The number of rotatable bonds is 2. The van der Waals surface area contributed by atoms with E-state index in [9.17, 15) is 18.0 Å². The van der Waals surface area contributed by atoms with E-state index in [0.29, 0.717) is 6.20 Å². The highest BCUT2D eigenvalue weighted by atomic mass is 19.2. The molecule has 0 spiro atoms. The number of hydrogen-bond donors (Lipinski definition) is 1. The Hall–Kier alpha value is -1.59. The number of nitrogens with two attached hydrogens (primary N) is 1. The minimum Gasteiger partial charge on any atom is -0.369 e. The monoisotopic (exact) mass is 190 g/mol. The van der Waals surface area contributed by atoms with Crippen molar-refractivity contribution in [2.75, 3.05) is 0 Å². The van der Waals surface area contributed by atoms with Crippen LogP contribution in [-0.2, 0) is 11.2 Å². The second kappa shape index (κ2) is 3.42. The van der Waals surface area contributed by atoms with Crippen LogP contribution >= 0.6 is 0 Å². The summed E-state index contributed by atoms with van der Waals surface area (Å²) in [4.78, 5) is 13.5. The minimum atomic E-state index is -1.65. The summed E-state index contributed by atoms with van der Waals surface area (Å²) in [7, 11) is 0. The Morgan fingerprint density at radius 2 is 2.00 bits per heavy atom. The van der Waals surface area contributed by atoms with Crippen molar-refractivity contribution < 1.29 is 18.0 Å². The number of amides is 1. The predicted molar refractivity (Wildman–Crippen MR) is 37.0 cm³/mol. The first kappa shape index (κ1) is 9.50. The van der Waals surface area contributed by atoms with E-state index in [1.807, 2.05) is 0 Å². The van der Waals surface area contributed by atoms with Gasteiger partial charge in [-0.2, -0.15) is 0 Å². The Bertz CT molecular complexity index is 354. The average molecular weight is 190 g/mol. The highest BCUT2D eigenvalue weighted by Gasteiger charge is 2.15. The van der Waals surface area contributed by atoms with Crippen molar-refractivity contribution in [3.05, 3.63) is 29.3 Å². The van der Waals surface area contributed by atoms with Crippen LogP contribution < -0.4 is 5.73 Å². The molecule has 0 radical (unpaired) electrons. The van der Waals surface area contributed by atoms with E-state index < -0.39 is 35.5 Å². The number of primary amides is 1. The van der Waals surface area contributed by atoms with Gasteiger partial charge in [0, 0.05) is 0 Å². The number of pyridine rings is 1. The zero-order valence-electron chi connectivity index (χ0n) is 6.35. The maximum absolute atomic E-state index is 12.7. The number of halogens is 3. The number of nitrogens with zero attached hydrogens (tertiary/aromatic N) is 1. The third kappa shape index (κ3) is 1.95. The molecule has 0 unspecified atom stereocenters. The number of aromatic nitrogens is 1. The summed E-state index contributed by atoms with van der Waals surface area (Å²) in [5.74, 6) is -5.38. The highest BCUT2D eigenvalue weighted by Crippen LogP contribution is 2.12. The minimum absolute atomic E-state index is 0.494. The van der Waals surface area contributed by atoms with Gasteiger partial charge in [-0.25, -0.2) is 13.2 Å². The lowest BCUT2D eigenvalue weighted by Gasteiger charge is -2.00. The van der Waals surface area contributed by atoms with Gasteiger partial charge in [-0.05, 0) is 0 Å². The van der Waals surface area contributed by atoms with Crippen molar-refractivity contribution in [2.24, 2.45) is 5.73 Å². The van der Waals surface area contributed by atoms with E-state index in [4.69, 9.17) is 5.73 Å². The van der Waals surface area contributed by atoms with Crippen molar-refractivity contribution in [1.29, 1.82) is 0 Å². The number of carbonyl (C=O) groups is 1. The van der Waals surface area contributed by atoms with Crippen LogP contribution in [0, 0.1) is 17.5 Å². The first-order chi connectivity index (χ1) is 6.02. The van der Waals surface area contributed by atoms with E-state index in [1.54, 1.807) is 0 Å². The van der Waals surface area contributed by atoms with Gasteiger partial charge in [-0.15, -0.1) is 0 Å². The molecule has 0 bridgehead atoms. The summed E-state index contributed by atoms with van der Waals surface area (Å²) in [6.45, 7) is 0. The lowest BCUT2D eigenvalue weighted by atomic mass is 10.2. The van der Waals surface area contributed by atoms with Gasteiger partial charge >= 0.3 is 0 Å². The third-order valence-corrected chi connectivity index (χ3v) is 1.33. The molecule has 0 saturated carbocycles. The SMILES string of the molecule is NC(=O)Cc1ncc(F)c(F)c1F. The summed E-state index contributed by atoms with van der Waals surface area (Å²) in [5, 5.41) is 0. The topological polar surface area (TPSA) is 56.0 Å². The van der Waals surface area contributed by atoms with Crippen LogP contribution in [-0.4, -0.2) is 10.9 Å². The third-order valence-electron chi connectivity index (χ3n) is 1.33. The van der Waals surface area contributed by atoms with E-state index in [1.165, 1.54) is 0 Å². The Morgan fingerprint density at radius 1 is 1.38 bits per heavy atom. The molecule has 0 fully saturated rings. The zero-order chi connectivity index (χ0) is 10.0. The molecule has 0 aliphatic rings. The molecule has 1 heterocycles.